The number of carbonyl (C=O) groups is 3. The second-order valence-corrected chi connectivity index (χ2v) is 6.31. The van der Waals surface area contributed by atoms with Crippen LogP contribution in [0.15, 0.2) is 34.9 Å². The summed E-state index contributed by atoms with van der Waals surface area (Å²) in [4.78, 5) is 35.4. The number of anilines is 1. The van der Waals surface area contributed by atoms with E-state index < -0.39 is 11.8 Å². The van der Waals surface area contributed by atoms with E-state index in [1.807, 2.05) is 6.92 Å². The van der Waals surface area contributed by atoms with Crippen LogP contribution in [0.2, 0.25) is 0 Å². The highest BCUT2D eigenvalue weighted by Crippen LogP contribution is 2.12. The molecule has 144 valence electrons. The number of amides is 3. The van der Waals surface area contributed by atoms with Crippen molar-refractivity contribution < 1.29 is 23.6 Å². The minimum absolute atomic E-state index is 0.00875. The molecule has 0 aliphatic heterocycles. The highest BCUT2D eigenvalue weighted by Gasteiger charge is 2.10. The first-order valence-electron chi connectivity index (χ1n) is 8.11. The number of hydrogen-bond donors (Lipinski definition) is 3. The third-order valence-corrected chi connectivity index (χ3v) is 4.04. The molecule has 0 atom stereocenters. The van der Waals surface area contributed by atoms with Gasteiger partial charge in [-0.15, -0.1) is 11.8 Å². The Balaban J connectivity index is 1.65. The molecule has 0 bridgehead atoms. The van der Waals surface area contributed by atoms with Gasteiger partial charge in [-0.25, -0.2) is 0 Å². The summed E-state index contributed by atoms with van der Waals surface area (Å²) < 4.78 is 10.1. The predicted octanol–water partition coefficient (Wildman–Crippen LogP) is 1.51. The number of hydrazine groups is 1. The minimum Gasteiger partial charge on any atom is -0.494 e. The molecule has 10 heteroatoms. The lowest BCUT2D eigenvalue weighted by molar-refractivity contribution is -0.119. The molecule has 9 nitrogen and oxygen atoms in total. The van der Waals surface area contributed by atoms with Crippen LogP contribution in [0.1, 0.15) is 23.0 Å². The zero-order valence-electron chi connectivity index (χ0n) is 14.9. The molecule has 0 spiro atoms. The highest BCUT2D eigenvalue weighted by molar-refractivity contribution is 8.00. The van der Waals surface area contributed by atoms with Crippen molar-refractivity contribution in [2.45, 2.75) is 13.8 Å². The Morgan fingerprint density at radius 2 is 1.81 bits per heavy atom. The van der Waals surface area contributed by atoms with Gasteiger partial charge >= 0.3 is 0 Å². The number of hydrogen-bond acceptors (Lipinski definition) is 7. The summed E-state index contributed by atoms with van der Waals surface area (Å²) in [5, 5.41) is 6.19. The van der Waals surface area contributed by atoms with Gasteiger partial charge in [0.05, 0.1) is 18.1 Å². The van der Waals surface area contributed by atoms with Crippen molar-refractivity contribution in [1.82, 2.24) is 16.0 Å². The molecule has 2 rings (SSSR count). The molecule has 1 aromatic carbocycles. The van der Waals surface area contributed by atoms with Gasteiger partial charge in [-0.2, -0.15) is 0 Å². The average Bonchev–Trinajstić information content (AvgIpc) is 3.05. The van der Waals surface area contributed by atoms with Crippen LogP contribution in [0.4, 0.5) is 5.82 Å². The van der Waals surface area contributed by atoms with Crippen LogP contribution in [0.3, 0.4) is 0 Å². The van der Waals surface area contributed by atoms with E-state index in [1.165, 1.54) is 0 Å². The Bertz CT molecular complexity index is 791. The molecule has 27 heavy (non-hydrogen) atoms. The second-order valence-electron chi connectivity index (χ2n) is 5.32. The van der Waals surface area contributed by atoms with Crippen molar-refractivity contribution in [3.05, 3.63) is 41.7 Å². The lowest BCUT2D eigenvalue weighted by Gasteiger charge is -2.08. The number of thioether (sulfide) groups is 1. The van der Waals surface area contributed by atoms with Gasteiger partial charge < -0.3 is 14.6 Å². The summed E-state index contributed by atoms with van der Waals surface area (Å²) in [6.07, 6.45) is 0. The Hall–Kier alpha value is -3.01. The van der Waals surface area contributed by atoms with E-state index in [0.29, 0.717) is 29.5 Å². The zero-order chi connectivity index (χ0) is 19.6. The second kappa shape index (κ2) is 10.2. The number of aromatic nitrogens is 1. The molecule has 3 amide bonds. The molecular formula is C17H20N4O5S. The first-order valence-corrected chi connectivity index (χ1v) is 9.26. The Labute approximate surface area is 160 Å². The molecule has 1 aromatic heterocycles. The third kappa shape index (κ3) is 7.02. The fourth-order valence-corrected chi connectivity index (χ4v) is 2.56. The summed E-state index contributed by atoms with van der Waals surface area (Å²) in [6.45, 7) is 4.12. The van der Waals surface area contributed by atoms with E-state index in [0.717, 1.165) is 11.8 Å². The van der Waals surface area contributed by atoms with E-state index in [9.17, 15) is 14.4 Å². The van der Waals surface area contributed by atoms with Crippen LogP contribution in [-0.2, 0) is 9.59 Å². The summed E-state index contributed by atoms with van der Waals surface area (Å²) in [6, 6.07) is 8.12. The van der Waals surface area contributed by atoms with Crippen molar-refractivity contribution in [2.24, 2.45) is 0 Å². The molecule has 1 heterocycles. The topological polar surface area (TPSA) is 123 Å². The Kier molecular flexibility index (Phi) is 7.68. The molecule has 0 saturated heterocycles. The normalized spacial score (nSPS) is 10.1. The maximum absolute atomic E-state index is 12.0. The van der Waals surface area contributed by atoms with Gasteiger partial charge in [-0.3, -0.25) is 25.2 Å². The van der Waals surface area contributed by atoms with E-state index in [1.54, 1.807) is 37.3 Å². The van der Waals surface area contributed by atoms with Crippen molar-refractivity contribution in [3.8, 4) is 5.75 Å². The lowest BCUT2D eigenvalue weighted by Crippen LogP contribution is -2.42. The van der Waals surface area contributed by atoms with Gasteiger partial charge in [0.15, 0.2) is 5.82 Å². The molecule has 0 radical (unpaired) electrons. The van der Waals surface area contributed by atoms with Crippen molar-refractivity contribution in [1.29, 1.82) is 0 Å². The fraction of sp³-hybridized carbons (Fsp3) is 0.294. The first-order chi connectivity index (χ1) is 13.0. The van der Waals surface area contributed by atoms with Crippen molar-refractivity contribution >= 4 is 35.3 Å². The number of ether oxygens (including phenoxy) is 1. The summed E-state index contributed by atoms with van der Waals surface area (Å²) in [7, 11) is 0. The monoisotopic (exact) mass is 392 g/mol. The number of carbonyl (C=O) groups excluding carboxylic acids is 3. The molecule has 0 aliphatic rings. The largest absolute Gasteiger partial charge is 0.494 e. The average molecular weight is 392 g/mol. The highest BCUT2D eigenvalue weighted by atomic mass is 32.2. The Morgan fingerprint density at radius 1 is 1.11 bits per heavy atom. The lowest BCUT2D eigenvalue weighted by atomic mass is 10.2. The van der Waals surface area contributed by atoms with Gasteiger partial charge in [0, 0.05) is 11.6 Å². The molecule has 2 aromatic rings. The number of rotatable bonds is 8. The van der Waals surface area contributed by atoms with Crippen LogP contribution in [-0.4, -0.2) is 41.0 Å². The van der Waals surface area contributed by atoms with Crippen LogP contribution < -0.4 is 20.9 Å². The van der Waals surface area contributed by atoms with Crippen LogP contribution in [0.5, 0.6) is 5.75 Å². The van der Waals surface area contributed by atoms with Crippen molar-refractivity contribution in [3.63, 3.8) is 0 Å². The van der Waals surface area contributed by atoms with Crippen LogP contribution in [0, 0.1) is 6.92 Å². The zero-order valence-corrected chi connectivity index (χ0v) is 15.7. The van der Waals surface area contributed by atoms with Gasteiger partial charge in [-0.1, -0.05) is 5.16 Å². The number of aryl methyl sites for hydroxylation is 1. The molecule has 0 saturated carbocycles. The maximum Gasteiger partial charge on any atom is 0.269 e. The molecule has 0 fully saturated rings. The van der Waals surface area contributed by atoms with Gasteiger partial charge in [-0.05, 0) is 38.1 Å². The molecule has 3 N–H and O–H groups in total. The minimum atomic E-state index is -0.449. The molecule has 0 aliphatic carbocycles. The maximum atomic E-state index is 12.0. The standard InChI is InChI=1S/C17H20N4O5S/c1-3-25-13-6-4-12(5-7-13)17(24)20-19-16(23)10-27-9-15(22)18-14-8-11(2)26-21-14/h4-8H,3,9-10H2,1-2H3,(H,19,23)(H,20,24)(H,18,21,22). The van der Waals surface area contributed by atoms with E-state index in [2.05, 4.69) is 21.3 Å². The predicted molar refractivity (Wildman–Crippen MR) is 100 cm³/mol. The number of benzene rings is 1. The number of nitrogens with one attached hydrogen (secondary N) is 3. The smallest absolute Gasteiger partial charge is 0.269 e. The molecule has 0 unspecified atom stereocenters. The van der Waals surface area contributed by atoms with Crippen LogP contribution in [0.25, 0.3) is 0 Å². The third-order valence-electron chi connectivity index (χ3n) is 3.10. The first kappa shape index (κ1) is 20.3. The summed E-state index contributed by atoms with van der Waals surface area (Å²) in [5.41, 5.74) is 5.00. The van der Waals surface area contributed by atoms with Crippen LogP contribution >= 0.6 is 11.8 Å². The summed E-state index contributed by atoms with van der Waals surface area (Å²) in [5.74, 6) is 0.458. The van der Waals surface area contributed by atoms with E-state index in [-0.39, 0.29) is 17.4 Å². The quantitative estimate of drug-likeness (QED) is 0.582. The fourth-order valence-electron chi connectivity index (χ4n) is 1.94. The van der Waals surface area contributed by atoms with Gasteiger partial charge in [0.1, 0.15) is 11.5 Å². The van der Waals surface area contributed by atoms with E-state index >= 15 is 0 Å². The Morgan fingerprint density at radius 3 is 2.44 bits per heavy atom. The van der Waals surface area contributed by atoms with Gasteiger partial charge in [0.2, 0.25) is 11.8 Å². The number of nitrogens with zero attached hydrogens (tertiary/aromatic N) is 1. The molecular weight excluding hydrogens is 372 g/mol. The van der Waals surface area contributed by atoms with Crippen molar-refractivity contribution in [2.75, 3.05) is 23.4 Å². The van der Waals surface area contributed by atoms with Gasteiger partial charge in [0.25, 0.3) is 5.91 Å². The van der Waals surface area contributed by atoms with E-state index in [4.69, 9.17) is 9.26 Å². The SMILES string of the molecule is CCOc1ccc(C(=O)NNC(=O)CSCC(=O)Nc2cc(C)on2)cc1. The summed E-state index contributed by atoms with van der Waals surface area (Å²) >= 11 is 1.10.